The van der Waals surface area contributed by atoms with Crippen LogP contribution in [0.15, 0.2) is 18.5 Å². The molecule has 0 bridgehead atoms. The molecule has 1 atom stereocenters. The highest BCUT2D eigenvalue weighted by molar-refractivity contribution is 6.31. The third-order valence-electron chi connectivity index (χ3n) is 2.78. The number of aromatic nitrogens is 1. The number of carboxylic acid groups (broad SMARTS) is 1. The Balaban J connectivity index is 2.79. The highest BCUT2D eigenvalue weighted by Crippen LogP contribution is 2.17. The van der Waals surface area contributed by atoms with Crippen LogP contribution in [0.3, 0.4) is 0 Å². The van der Waals surface area contributed by atoms with Crippen LogP contribution in [-0.2, 0) is 11.3 Å². The number of aliphatic carboxylic acids is 1. The molecule has 5 heteroatoms. The van der Waals surface area contributed by atoms with Gasteiger partial charge in [-0.25, -0.2) is 0 Å². The quantitative estimate of drug-likeness (QED) is 0.849. The predicted octanol–water partition coefficient (Wildman–Crippen LogP) is 2.42. The Bertz CT molecular complexity index is 385. The summed E-state index contributed by atoms with van der Waals surface area (Å²) in [4.78, 5) is 16.6. The molecule has 0 amide bonds. The summed E-state index contributed by atoms with van der Waals surface area (Å²) >= 11 is 6.02. The molecule has 1 aromatic heterocycles. The summed E-state index contributed by atoms with van der Waals surface area (Å²) in [5.41, 5.74) is 0.906. The molecule has 1 N–H and O–H groups in total. The van der Waals surface area contributed by atoms with E-state index in [0.29, 0.717) is 11.6 Å². The topological polar surface area (TPSA) is 53.4 Å². The van der Waals surface area contributed by atoms with Crippen LogP contribution in [0.2, 0.25) is 5.02 Å². The second-order valence-electron chi connectivity index (χ2n) is 4.02. The first-order valence-electron chi connectivity index (χ1n) is 5.58. The van der Waals surface area contributed by atoms with Crippen molar-refractivity contribution >= 4 is 17.6 Å². The van der Waals surface area contributed by atoms with Gasteiger partial charge in [0.05, 0.1) is 11.6 Å². The van der Waals surface area contributed by atoms with Crippen molar-refractivity contribution in [3.63, 3.8) is 0 Å². The zero-order valence-electron chi connectivity index (χ0n) is 10.1. The Morgan fingerprint density at radius 1 is 1.65 bits per heavy atom. The average molecular weight is 257 g/mol. The van der Waals surface area contributed by atoms with E-state index in [1.165, 1.54) is 0 Å². The van der Waals surface area contributed by atoms with Crippen LogP contribution in [0, 0.1) is 0 Å². The van der Waals surface area contributed by atoms with Crippen LogP contribution in [0.5, 0.6) is 0 Å². The minimum absolute atomic E-state index is 0.0215. The molecule has 0 aliphatic heterocycles. The molecule has 0 aliphatic rings. The molecule has 94 valence electrons. The van der Waals surface area contributed by atoms with Gasteiger partial charge in [0.15, 0.2) is 0 Å². The SMILES string of the molecule is CCC(C)N(CC(=O)O)Cc1ccncc1Cl. The highest BCUT2D eigenvalue weighted by atomic mass is 35.5. The largest absolute Gasteiger partial charge is 0.480 e. The van der Waals surface area contributed by atoms with Crippen molar-refractivity contribution in [2.45, 2.75) is 32.9 Å². The minimum atomic E-state index is -0.824. The van der Waals surface area contributed by atoms with Gasteiger partial charge in [-0.2, -0.15) is 0 Å². The maximum absolute atomic E-state index is 10.8. The molecule has 17 heavy (non-hydrogen) atoms. The molecule has 0 saturated heterocycles. The van der Waals surface area contributed by atoms with Gasteiger partial charge in [0.1, 0.15) is 0 Å². The van der Waals surface area contributed by atoms with Crippen molar-refractivity contribution < 1.29 is 9.90 Å². The van der Waals surface area contributed by atoms with Crippen LogP contribution < -0.4 is 0 Å². The standard InChI is InChI=1S/C12H17ClN2O2/c1-3-9(2)15(8-12(16)17)7-10-4-5-14-6-11(10)13/h4-6,9H,3,7-8H2,1-2H3,(H,16,17). The van der Waals surface area contributed by atoms with Gasteiger partial charge in [-0.3, -0.25) is 14.7 Å². The third kappa shape index (κ3) is 4.32. The Hall–Kier alpha value is -1.13. The van der Waals surface area contributed by atoms with Crippen molar-refractivity contribution in [1.82, 2.24) is 9.88 Å². The van der Waals surface area contributed by atoms with Gasteiger partial charge >= 0.3 is 5.97 Å². The first-order valence-corrected chi connectivity index (χ1v) is 5.96. The number of rotatable bonds is 6. The first kappa shape index (κ1) is 13.9. The minimum Gasteiger partial charge on any atom is -0.480 e. The molecule has 1 unspecified atom stereocenters. The van der Waals surface area contributed by atoms with Crippen molar-refractivity contribution in [3.8, 4) is 0 Å². The number of hydrogen-bond acceptors (Lipinski definition) is 3. The van der Waals surface area contributed by atoms with Crippen molar-refractivity contribution in [2.24, 2.45) is 0 Å². The normalized spacial score (nSPS) is 12.7. The van der Waals surface area contributed by atoms with E-state index in [9.17, 15) is 4.79 Å². The second kappa shape index (κ2) is 6.57. The number of halogens is 1. The van der Waals surface area contributed by atoms with E-state index in [1.807, 2.05) is 24.8 Å². The fraction of sp³-hybridized carbons (Fsp3) is 0.500. The second-order valence-corrected chi connectivity index (χ2v) is 4.43. The van der Waals surface area contributed by atoms with Gasteiger partial charge in [-0.05, 0) is 25.0 Å². The number of nitrogens with zero attached hydrogens (tertiary/aromatic N) is 2. The van der Waals surface area contributed by atoms with Gasteiger partial charge in [0, 0.05) is 25.0 Å². The Kier molecular flexibility index (Phi) is 5.38. The summed E-state index contributed by atoms with van der Waals surface area (Å²) in [6, 6.07) is 2.02. The summed E-state index contributed by atoms with van der Waals surface area (Å²) < 4.78 is 0. The van der Waals surface area contributed by atoms with Gasteiger partial charge in [-0.15, -0.1) is 0 Å². The molecule has 0 aromatic carbocycles. The lowest BCUT2D eigenvalue weighted by atomic mass is 10.1. The molecule has 1 heterocycles. The van der Waals surface area contributed by atoms with E-state index in [1.54, 1.807) is 12.4 Å². The lowest BCUT2D eigenvalue weighted by Gasteiger charge is -2.26. The van der Waals surface area contributed by atoms with Gasteiger partial charge in [-0.1, -0.05) is 18.5 Å². The fourth-order valence-corrected chi connectivity index (χ4v) is 1.73. The molecule has 0 saturated carbocycles. The molecule has 0 aliphatic carbocycles. The molecule has 1 rings (SSSR count). The van der Waals surface area contributed by atoms with Crippen LogP contribution in [0.25, 0.3) is 0 Å². The number of hydrogen-bond donors (Lipinski definition) is 1. The van der Waals surface area contributed by atoms with Crippen molar-refractivity contribution in [1.29, 1.82) is 0 Å². The Labute approximate surface area is 106 Å². The van der Waals surface area contributed by atoms with E-state index in [-0.39, 0.29) is 12.6 Å². The highest BCUT2D eigenvalue weighted by Gasteiger charge is 2.16. The number of pyridine rings is 1. The molecule has 4 nitrogen and oxygen atoms in total. The average Bonchev–Trinajstić information content (AvgIpc) is 2.29. The summed E-state index contributed by atoms with van der Waals surface area (Å²) in [7, 11) is 0. The fourth-order valence-electron chi connectivity index (χ4n) is 1.55. The molecule has 0 radical (unpaired) electrons. The molecular weight excluding hydrogens is 240 g/mol. The molecular formula is C12H17ClN2O2. The van der Waals surface area contributed by atoms with E-state index >= 15 is 0 Å². The smallest absolute Gasteiger partial charge is 0.317 e. The van der Waals surface area contributed by atoms with E-state index in [0.717, 1.165) is 12.0 Å². The predicted molar refractivity (Wildman–Crippen MR) is 67.0 cm³/mol. The summed E-state index contributed by atoms with van der Waals surface area (Å²) in [5, 5.41) is 9.46. The van der Waals surface area contributed by atoms with Crippen LogP contribution in [0.1, 0.15) is 25.8 Å². The van der Waals surface area contributed by atoms with Crippen LogP contribution in [0.4, 0.5) is 0 Å². The van der Waals surface area contributed by atoms with Gasteiger partial charge in [0.2, 0.25) is 0 Å². The van der Waals surface area contributed by atoms with Gasteiger partial charge in [0.25, 0.3) is 0 Å². The van der Waals surface area contributed by atoms with Gasteiger partial charge < -0.3 is 5.11 Å². The van der Waals surface area contributed by atoms with Crippen molar-refractivity contribution in [2.75, 3.05) is 6.54 Å². The van der Waals surface area contributed by atoms with E-state index < -0.39 is 5.97 Å². The van der Waals surface area contributed by atoms with Crippen molar-refractivity contribution in [3.05, 3.63) is 29.0 Å². The van der Waals surface area contributed by atoms with Crippen LogP contribution >= 0.6 is 11.6 Å². The first-order chi connectivity index (χ1) is 8.04. The Morgan fingerprint density at radius 2 is 2.35 bits per heavy atom. The monoisotopic (exact) mass is 256 g/mol. The third-order valence-corrected chi connectivity index (χ3v) is 3.12. The Morgan fingerprint density at radius 3 is 2.88 bits per heavy atom. The lowest BCUT2D eigenvalue weighted by Crippen LogP contribution is -2.36. The zero-order chi connectivity index (χ0) is 12.8. The molecule has 0 fully saturated rings. The zero-order valence-corrected chi connectivity index (χ0v) is 10.8. The number of carboxylic acids is 1. The maximum Gasteiger partial charge on any atom is 0.317 e. The molecule has 1 aromatic rings. The molecule has 0 spiro atoms. The van der Waals surface area contributed by atoms with E-state index in [4.69, 9.17) is 16.7 Å². The lowest BCUT2D eigenvalue weighted by molar-refractivity contribution is -0.139. The summed E-state index contributed by atoms with van der Waals surface area (Å²) in [6.07, 6.45) is 4.14. The summed E-state index contributed by atoms with van der Waals surface area (Å²) in [6.45, 7) is 4.60. The van der Waals surface area contributed by atoms with E-state index in [2.05, 4.69) is 4.98 Å². The van der Waals surface area contributed by atoms with Crippen LogP contribution in [-0.4, -0.2) is 33.5 Å². The maximum atomic E-state index is 10.8. The number of carbonyl (C=O) groups is 1. The summed E-state index contributed by atoms with van der Waals surface area (Å²) in [5.74, 6) is -0.824.